The lowest BCUT2D eigenvalue weighted by Crippen LogP contribution is -2.33. The van der Waals surface area contributed by atoms with Crippen molar-refractivity contribution in [2.45, 2.75) is 19.3 Å². The second kappa shape index (κ2) is 4.74. The van der Waals surface area contributed by atoms with Crippen LogP contribution in [-0.4, -0.2) is 35.6 Å². The molecule has 0 aromatic heterocycles. The molecule has 0 aliphatic heterocycles. The van der Waals surface area contributed by atoms with Crippen LogP contribution in [0.5, 0.6) is 0 Å². The number of nitrogens with zero attached hydrogens (tertiary/aromatic N) is 2. The molecular formula is C14H17N3OS. The van der Waals surface area contributed by atoms with E-state index >= 15 is 0 Å². The molecule has 0 radical (unpaired) electrons. The molecule has 5 heteroatoms. The highest BCUT2D eigenvalue weighted by molar-refractivity contribution is 7.80. The van der Waals surface area contributed by atoms with E-state index in [0.29, 0.717) is 10.8 Å². The lowest BCUT2D eigenvalue weighted by atomic mass is 9.86. The Kier molecular flexibility index (Phi) is 3.41. The summed E-state index contributed by atoms with van der Waals surface area (Å²) in [5.41, 5.74) is 4.57. The Balaban J connectivity index is 2.40. The Bertz CT molecular complexity index is 576. The van der Waals surface area contributed by atoms with Gasteiger partial charge < -0.3 is 4.90 Å². The average molecular weight is 275 g/mol. The van der Waals surface area contributed by atoms with Crippen molar-refractivity contribution in [2.75, 3.05) is 14.1 Å². The molecule has 1 aromatic rings. The molecule has 1 N–H and O–H groups in total. The van der Waals surface area contributed by atoms with E-state index in [1.54, 1.807) is 4.90 Å². The molecule has 0 fully saturated rings. The Morgan fingerprint density at radius 1 is 1.32 bits per heavy atom. The fraction of sp³-hybridized carbons (Fsp3) is 0.357. The quantitative estimate of drug-likeness (QED) is 0.626. The summed E-state index contributed by atoms with van der Waals surface area (Å²) in [6.07, 6.45) is 0. The predicted octanol–water partition coefficient (Wildman–Crippen LogP) is 1.69. The van der Waals surface area contributed by atoms with Crippen LogP contribution in [0.2, 0.25) is 0 Å². The van der Waals surface area contributed by atoms with Gasteiger partial charge in [0.25, 0.3) is 0 Å². The largest absolute Gasteiger partial charge is 0.354 e. The van der Waals surface area contributed by atoms with Crippen molar-refractivity contribution in [3.8, 4) is 0 Å². The molecular weight excluding hydrogens is 258 g/mol. The van der Waals surface area contributed by atoms with Gasteiger partial charge >= 0.3 is 0 Å². The van der Waals surface area contributed by atoms with Crippen molar-refractivity contribution in [3.05, 3.63) is 35.4 Å². The Labute approximate surface area is 118 Å². The Hall–Kier alpha value is -1.75. The molecule has 4 nitrogen and oxygen atoms in total. The molecule has 1 aliphatic carbocycles. The van der Waals surface area contributed by atoms with Gasteiger partial charge in [0.15, 0.2) is 10.9 Å². The monoisotopic (exact) mass is 275 g/mol. The number of nitrogens with one attached hydrogen (secondary N) is 1. The van der Waals surface area contributed by atoms with E-state index in [-0.39, 0.29) is 5.78 Å². The average Bonchev–Trinajstić information content (AvgIpc) is 2.56. The van der Waals surface area contributed by atoms with E-state index in [1.807, 2.05) is 52.2 Å². The zero-order chi connectivity index (χ0) is 14.2. The SMILES string of the molecule is CN(C)C(=S)N/N=C1/C(=O)C(C)(C)c2ccccc21. The van der Waals surface area contributed by atoms with Crippen molar-refractivity contribution >= 4 is 28.8 Å². The van der Waals surface area contributed by atoms with Crippen LogP contribution in [0.3, 0.4) is 0 Å². The molecule has 100 valence electrons. The molecule has 0 heterocycles. The number of Topliss-reactive ketones (excluding diaryl/α,β-unsaturated/α-hetero) is 1. The van der Waals surface area contributed by atoms with Gasteiger partial charge in [0.05, 0.1) is 5.41 Å². The van der Waals surface area contributed by atoms with Crippen molar-refractivity contribution in [2.24, 2.45) is 5.10 Å². The first-order valence-electron chi connectivity index (χ1n) is 6.05. The van der Waals surface area contributed by atoms with Crippen LogP contribution < -0.4 is 5.43 Å². The summed E-state index contributed by atoms with van der Waals surface area (Å²) in [5, 5.41) is 4.67. The third kappa shape index (κ3) is 2.26. The summed E-state index contributed by atoms with van der Waals surface area (Å²) in [5.74, 6) is 0.0164. The number of fused-ring (bicyclic) bond motifs is 1. The van der Waals surface area contributed by atoms with Crippen LogP contribution in [0.4, 0.5) is 0 Å². The first-order chi connectivity index (χ1) is 8.85. The highest BCUT2D eigenvalue weighted by Gasteiger charge is 2.42. The van der Waals surface area contributed by atoms with Crippen molar-refractivity contribution in [1.82, 2.24) is 10.3 Å². The van der Waals surface area contributed by atoms with Gasteiger partial charge in [-0.2, -0.15) is 5.10 Å². The highest BCUT2D eigenvalue weighted by Crippen LogP contribution is 2.35. The standard InChI is InChI=1S/C14H17N3OS/c1-14(2)10-8-6-5-7-9(10)11(12(14)18)15-16-13(19)17(3)4/h5-8H,1-4H3,(H,16,19)/b15-11+. The number of carbonyl (C=O) groups excluding carboxylic acids is 1. The maximum absolute atomic E-state index is 12.4. The number of ketones is 1. The zero-order valence-electron chi connectivity index (χ0n) is 11.5. The summed E-state index contributed by atoms with van der Waals surface area (Å²) in [6.45, 7) is 3.84. The second-order valence-corrected chi connectivity index (χ2v) is 5.66. The number of benzene rings is 1. The minimum Gasteiger partial charge on any atom is -0.354 e. The van der Waals surface area contributed by atoms with Crippen molar-refractivity contribution in [1.29, 1.82) is 0 Å². The van der Waals surface area contributed by atoms with Crippen LogP contribution in [0.15, 0.2) is 29.4 Å². The minimum atomic E-state index is -0.531. The molecule has 1 aliphatic rings. The van der Waals surface area contributed by atoms with Gasteiger partial charge in [0.1, 0.15) is 5.71 Å². The number of hydrogen-bond acceptors (Lipinski definition) is 3. The normalized spacial score (nSPS) is 18.3. The summed E-state index contributed by atoms with van der Waals surface area (Å²) >= 11 is 5.10. The van der Waals surface area contributed by atoms with Crippen LogP contribution in [-0.2, 0) is 10.2 Å². The zero-order valence-corrected chi connectivity index (χ0v) is 12.3. The third-order valence-corrected chi connectivity index (χ3v) is 3.76. The lowest BCUT2D eigenvalue weighted by molar-refractivity contribution is -0.116. The predicted molar refractivity (Wildman–Crippen MR) is 80.4 cm³/mol. The lowest BCUT2D eigenvalue weighted by Gasteiger charge is -2.15. The molecule has 19 heavy (non-hydrogen) atoms. The first kappa shape index (κ1) is 13.7. The minimum absolute atomic E-state index is 0.0164. The number of thiocarbonyl (C=S) groups is 1. The topological polar surface area (TPSA) is 44.7 Å². The fourth-order valence-electron chi connectivity index (χ4n) is 2.09. The number of rotatable bonds is 1. The summed E-state index contributed by atoms with van der Waals surface area (Å²) in [6, 6.07) is 7.74. The number of hydrazone groups is 1. The smallest absolute Gasteiger partial charge is 0.193 e. The molecule has 0 amide bonds. The van der Waals surface area contributed by atoms with Gasteiger partial charge in [-0.15, -0.1) is 0 Å². The maximum atomic E-state index is 12.4. The third-order valence-electron chi connectivity index (χ3n) is 3.31. The number of carbonyl (C=O) groups is 1. The molecule has 0 saturated heterocycles. The van der Waals surface area contributed by atoms with Gasteiger partial charge in [-0.1, -0.05) is 24.3 Å². The fourth-order valence-corrected chi connectivity index (χ4v) is 2.14. The van der Waals surface area contributed by atoms with Crippen LogP contribution >= 0.6 is 12.2 Å². The van der Waals surface area contributed by atoms with Crippen molar-refractivity contribution in [3.63, 3.8) is 0 Å². The molecule has 0 bridgehead atoms. The summed E-state index contributed by atoms with van der Waals surface area (Å²) < 4.78 is 0. The van der Waals surface area contributed by atoms with Gasteiger partial charge in [0, 0.05) is 19.7 Å². The van der Waals surface area contributed by atoms with Gasteiger partial charge in [-0.3, -0.25) is 10.2 Å². The van der Waals surface area contributed by atoms with Gasteiger partial charge in [-0.05, 0) is 31.6 Å². The molecule has 1 aromatic carbocycles. The van der Waals surface area contributed by atoms with Gasteiger partial charge in [0.2, 0.25) is 0 Å². The van der Waals surface area contributed by atoms with Crippen LogP contribution in [0.1, 0.15) is 25.0 Å². The molecule has 2 rings (SSSR count). The molecule has 0 spiro atoms. The van der Waals surface area contributed by atoms with Crippen LogP contribution in [0, 0.1) is 0 Å². The van der Waals surface area contributed by atoms with E-state index in [4.69, 9.17) is 12.2 Å². The maximum Gasteiger partial charge on any atom is 0.193 e. The first-order valence-corrected chi connectivity index (χ1v) is 6.46. The number of hydrogen-bond donors (Lipinski definition) is 1. The van der Waals surface area contributed by atoms with E-state index < -0.39 is 5.41 Å². The summed E-state index contributed by atoms with van der Waals surface area (Å²) in [4.78, 5) is 14.2. The van der Waals surface area contributed by atoms with E-state index in [1.165, 1.54) is 0 Å². The van der Waals surface area contributed by atoms with E-state index in [9.17, 15) is 4.79 Å². The van der Waals surface area contributed by atoms with E-state index in [2.05, 4.69) is 10.5 Å². The summed E-state index contributed by atoms with van der Waals surface area (Å²) in [7, 11) is 3.65. The highest BCUT2D eigenvalue weighted by atomic mass is 32.1. The second-order valence-electron chi connectivity index (χ2n) is 5.27. The van der Waals surface area contributed by atoms with Crippen LogP contribution in [0.25, 0.3) is 0 Å². The van der Waals surface area contributed by atoms with Gasteiger partial charge in [-0.25, -0.2) is 0 Å². The van der Waals surface area contributed by atoms with E-state index in [0.717, 1.165) is 11.1 Å². The molecule has 0 unspecified atom stereocenters. The molecule has 0 atom stereocenters. The Morgan fingerprint density at radius 3 is 2.58 bits per heavy atom. The molecule has 0 saturated carbocycles. The van der Waals surface area contributed by atoms with Crippen molar-refractivity contribution < 1.29 is 4.79 Å². The Morgan fingerprint density at radius 2 is 1.95 bits per heavy atom.